The minimum absolute atomic E-state index is 0.0309. The Morgan fingerprint density at radius 2 is 2.15 bits per heavy atom. The van der Waals surface area contributed by atoms with Crippen LogP contribution in [0.25, 0.3) is 0 Å². The molecule has 1 amide bonds. The number of rotatable bonds is 5. The number of hydrogen-bond acceptors (Lipinski definition) is 4. The molecule has 0 radical (unpaired) electrons. The lowest BCUT2D eigenvalue weighted by molar-refractivity contribution is -0.120. The van der Waals surface area contributed by atoms with Crippen molar-refractivity contribution in [3.63, 3.8) is 0 Å². The molecule has 0 aliphatic carbocycles. The van der Waals surface area contributed by atoms with Crippen LogP contribution in [0.1, 0.15) is 23.7 Å². The van der Waals surface area contributed by atoms with E-state index < -0.39 is 0 Å². The number of Topliss-reactive ketones (excluding diaryl/α,β-unsaturated/α-hetero) is 1. The van der Waals surface area contributed by atoms with Gasteiger partial charge in [0.05, 0.1) is 18.7 Å². The van der Waals surface area contributed by atoms with Gasteiger partial charge in [0.1, 0.15) is 5.75 Å². The van der Waals surface area contributed by atoms with Crippen LogP contribution in [0.3, 0.4) is 0 Å². The normalized spacial score (nSPS) is 16.4. The molecular formula is C15H20N2O3. The Balaban J connectivity index is 2.02. The van der Waals surface area contributed by atoms with E-state index in [4.69, 9.17) is 4.74 Å². The van der Waals surface area contributed by atoms with Crippen molar-refractivity contribution in [1.82, 2.24) is 10.2 Å². The molecule has 1 fully saturated rings. The summed E-state index contributed by atoms with van der Waals surface area (Å²) in [4.78, 5) is 25.7. The fourth-order valence-electron chi connectivity index (χ4n) is 2.24. The summed E-state index contributed by atoms with van der Waals surface area (Å²) in [5, 5.41) is 2.80. The van der Waals surface area contributed by atoms with E-state index in [1.165, 1.54) is 0 Å². The number of nitrogens with one attached hydrogen (secondary N) is 1. The van der Waals surface area contributed by atoms with Crippen molar-refractivity contribution < 1.29 is 14.3 Å². The number of ether oxygens (including phenoxy) is 1. The quantitative estimate of drug-likeness (QED) is 0.818. The van der Waals surface area contributed by atoms with Crippen molar-refractivity contribution in [3.8, 4) is 5.75 Å². The molecular weight excluding hydrogens is 256 g/mol. The largest absolute Gasteiger partial charge is 0.493 e. The highest BCUT2D eigenvalue weighted by Crippen LogP contribution is 2.19. The van der Waals surface area contributed by atoms with Crippen LogP contribution in [0.2, 0.25) is 0 Å². The van der Waals surface area contributed by atoms with E-state index >= 15 is 0 Å². The Morgan fingerprint density at radius 3 is 2.95 bits per heavy atom. The van der Waals surface area contributed by atoms with Gasteiger partial charge >= 0.3 is 0 Å². The highest BCUT2D eigenvalue weighted by molar-refractivity contribution is 6.00. The molecule has 1 N–H and O–H groups in total. The van der Waals surface area contributed by atoms with Gasteiger partial charge in [-0.2, -0.15) is 0 Å². The first-order valence-corrected chi connectivity index (χ1v) is 6.94. The molecule has 108 valence electrons. The van der Waals surface area contributed by atoms with Gasteiger partial charge < -0.3 is 10.1 Å². The van der Waals surface area contributed by atoms with Crippen molar-refractivity contribution >= 4 is 11.7 Å². The third-order valence-electron chi connectivity index (χ3n) is 3.26. The lowest BCUT2D eigenvalue weighted by Gasteiger charge is -2.18. The molecule has 0 bridgehead atoms. The SMILES string of the molecule is CCOc1ccccc1C(=O)CN1CCNC(=O)CC1. The minimum Gasteiger partial charge on any atom is -0.493 e. The smallest absolute Gasteiger partial charge is 0.221 e. The zero-order valence-corrected chi connectivity index (χ0v) is 11.7. The molecule has 5 nitrogen and oxygen atoms in total. The molecule has 5 heteroatoms. The number of nitrogens with zero attached hydrogens (tertiary/aromatic N) is 1. The fraction of sp³-hybridized carbons (Fsp3) is 0.467. The monoisotopic (exact) mass is 276 g/mol. The molecule has 0 aromatic heterocycles. The van der Waals surface area contributed by atoms with Gasteiger partial charge in [0.25, 0.3) is 0 Å². The summed E-state index contributed by atoms with van der Waals surface area (Å²) in [5.41, 5.74) is 0.609. The summed E-state index contributed by atoms with van der Waals surface area (Å²) in [6.45, 7) is 4.67. The summed E-state index contributed by atoms with van der Waals surface area (Å²) in [5.74, 6) is 0.710. The maximum absolute atomic E-state index is 12.4. The van der Waals surface area contributed by atoms with Crippen LogP contribution in [0.5, 0.6) is 5.75 Å². The molecule has 0 saturated carbocycles. The summed E-state index contributed by atoms with van der Waals surface area (Å²) < 4.78 is 5.48. The van der Waals surface area contributed by atoms with E-state index in [0.717, 1.165) is 0 Å². The van der Waals surface area contributed by atoms with E-state index in [1.54, 1.807) is 6.07 Å². The fourth-order valence-corrected chi connectivity index (χ4v) is 2.24. The highest BCUT2D eigenvalue weighted by atomic mass is 16.5. The van der Waals surface area contributed by atoms with Crippen molar-refractivity contribution in [1.29, 1.82) is 0 Å². The summed E-state index contributed by atoms with van der Waals surface area (Å²) in [7, 11) is 0. The predicted octanol–water partition coefficient (Wildman–Crippen LogP) is 1.09. The maximum atomic E-state index is 12.4. The number of ketones is 1. The molecule has 1 saturated heterocycles. The van der Waals surface area contributed by atoms with Crippen LogP contribution < -0.4 is 10.1 Å². The van der Waals surface area contributed by atoms with Crippen LogP contribution in [-0.4, -0.2) is 49.4 Å². The van der Waals surface area contributed by atoms with Gasteiger partial charge in [-0.25, -0.2) is 0 Å². The average molecular weight is 276 g/mol. The maximum Gasteiger partial charge on any atom is 0.221 e. The van der Waals surface area contributed by atoms with Gasteiger partial charge in [0.15, 0.2) is 5.78 Å². The van der Waals surface area contributed by atoms with Crippen LogP contribution in [0, 0.1) is 0 Å². The van der Waals surface area contributed by atoms with Gasteiger partial charge in [-0.15, -0.1) is 0 Å². The molecule has 1 aliphatic heterocycles. The van der Waals surface area contributed by atoms with Crippen molar-refractivity contribution in [2.75, 3.05) is 32.8 Å². The Hall–Kier alpha value is -1.88. The number of carbonyl (C=O) groups is 2. The first kappa shape index (κ1) is 14.5. The van der Waals surface area contributed by atoms with Gasteiger partial charge in [0, 0.05) is 26.1 Å². The third-order valence-corrected chi connectivity index (χ3v) is 3.26. The lowest BCUT2D eigenvalue weighted by atomic mass is 10.1. The second-order valence-corrected chi connectivity index (χ2v) is 4.73. The van der Waals surface area contributed by atoms with E-state index in [9.17, 15) is 9.59 Å². The van der Waals surface area contributed by atoms with E-state index in [1.807, 2.05) is 30.0 Å². The van der Waals surface area contributed by atoms with Crippen molar-refractivity contribution in [3.05, 3.63) is 29.8 Å². The van der Waals surface area contributed by atoms with Gasteiger partial charge in [-0.1, -0.05) is 12.1 Å². The van der Waals surface area contributed by atoms with Crippen molar-refractivity contribution in [2.24, 2.45) is 0 Å². The number of carbonyl (C=O) groups excluding carboxylic acids is 2. The highest BCUT2D eigenvalue weighted by Gasteiger charge is 2.18. The zero-order valence-electron chi connectivity index (χ0n) is 11.7. The molecule has 1 aromatic carbocycles. The minimum atomic E-state index is 0.0309. The van der Waals surface area contributed by atoms with Crippen LogP contribution in [-0.2, 0) is 4.79 Å². The molecule has 1 heterocycles. The van der Waals surface area contributed by atoms with Crippen LogP contribution in [0.15, 0.2) is 24.3 Å². The summed E-state index contributed by atoms with van der Waals surface area (Å²) >= 11 is 0. The Labute approximate surface area is 118 Å². The lowest BCUT2D eigenvalue weighted by Crippen LogP contribution is -2.33. The Bertz CT molecular complexity index is 488. The first-order chi connectivity index (χ1) is 9.70. The topological polar surface area (TPSA) is 58.6 Å². The van der Waals surface area contributed by atoms with Crippen LogP contribution >= 0.6 is 0 Å². The second kappa shape index (κ2) is 7.05. The van der Waals surface area contributed by atoms with E-state index in [0.29, 0.717) is 50.5 Å². The summed E-state index contributed by atoms with van der Waals surface area (Å²) in [6.07, 6.45) is 0.445. The Morgan fingerprint density at radius 1 is 1.35 bits per heavy atom. The van der Waals surface area contributed by atoms with Crippen molar-refractivity contribution in [2.45, 2.75) is 13.3 Å². The van der Waals surface area contributed by atoms with Crippen LogP contribution in [0.4, 0.5) is 0 Å². The van der Waals surface area contributed by atoms with Gasteiger partial charge in [0.2, 0.25) is 5.91 Å². The molecule has 0 unspecified atom stereocenters. The average Bonchev–Trinajstić information content (AvgIpc) is 2.65. The number of para-hydroxylation sites is 1. The third kappa shape index (κ3) is 3.81. The standard InChI is InChI=1S/C15H20N2O3/c1-2-20-14-6-4-3-5-12(14)13(18)11-17-9-7-15(19)16-8-10-17/h3-6H,2,7-11H2,1H3,(H,16,19). The molecule has 20 heavy (non-hydrogen) atoms. The number of amides is 1. The molecule has 1 aromatic rings. The van der Waals surface area contributed by atoms with E-state index in [2.05, 4.69) is 5.32 Å². The second-order valence-electron chi connectivity index (χ2n) is 4.73. The number of hydrogen-bond donors (Lipinski definition) is 1. The van der Waals surface area contributed by atoms with Gasteiger partial charge in [-0.3, -0.25) is 14.5 Å². The predicted molar refractivity (Wildman–Crippen MR) is 76.0 cm³/mol. The zero-order chi connectivity index (χ0) is 14.4. The molecule has 0 atom stereocenters. The Kier molecular flexibility index (Phi) is 5.12. The molecule has 1 aliphatic rings. The molecule has 0 spiro atoms. The number of benzene rings is 1. The summed E-state index contributed by atoms with van der Waals surface area (Å²) in [6, 6.07) is 7.29. The molecule has 2 rings (SSSR count). The van der Waals surface area contributed by atoms with E-state index in [-0.39, 0.29) is 11.7 Å². The first-order valence-electron chi connectivity index (χ1n) is 6.94. The van der Waals surface area contributed by atoms with Gasteiger partial charge in [-0.05, 0) is 19.1 Å².